The zero-order chi connectivity index (χ0) is 17.9. The smallest absolute Gasteiger partial charge is 0.107 e. The van der Waals surface area contributed by atoms with E-state index in [1.54, 1.807) is 12.4 Å². The monoisotopic (exact) mass is 390 g/mol. The standard InChI is InChI=1S/C18H20Cl2N6/c19-13-7-12(8-15-17(13)24-2-1-23-15)9-25-16-11-22-10-14(20)18(16)26-5-3-21-4-6-26/h1-2,7-8,11,21-22,25H,3-6,9-10H2. The van der Waals surface area contributed by atoms with Crippen LogP contribution in [-0.2, 0) is 6.54 Å². The summed E-state index contributed by atoms with van der Waals surface area (Å²) in [6, 6.07) is 3.94. The summed E-state index contributed by atoms with van der Waals surface area (Å²) in [5, 5.41) is 11.5. The van der Waals surface area contributed by atoms with Crippen LogP contribution >= 0.6 is 23.2 Å². The second-order valence-corrected chi connectivity index (χ2v) is 7.15. The summed E-state index contributed by atoms with van der Waals surface area (Å²) in [6.45, 7) is 5.10. The molecule has 3 N–H and O–H groups in total. The molecule has 136 valence electrons. The number of hydrogen-bond acceptors (Lipinski definition) is 6. The Hall–Kier alpha value is -2.02. The first-order chi connectivity index (χ1) is 12.7. The topological polar surface area (TPSA) is 65.1 Å². The van der Waals surface area contributed by atoms with E-state index in [9.17, 15) is 0 Å². The SMILES string of the molecule is ClC1=C(N2CCNCC2)C(NCc2cc(Cl)c3nccnc3c2)=CNC1. The molecule has 1 fully saturated rings. The molecule has 2 aromatic rings. The highest BCUT2D eigenvalue weighted by Gasteiger charge is 2.22. The molecule has 0 radical (unpaired) electrons. The van der Waals surface area contributed by atoms with Crippen molar-refractivity contribution in [2.45, 2.75) is 6.54 Å². The molecule has 2 aliphatic heterocycles. The first-order valence-electron chi connectivity index (χ1n) is 8.63. The normalized spacial score (nSPS) is 17.9. The molecule has 6 nitrogen and oxygen atoms in total. The van der Waals surface area contributed by atoms with Gasteiger partial charge in [0.05, 0.1) is 33.5 Å². The molecule has 0 unspecified atom stereocenters. The van der Waals surface area contributed by atoms with Gasteiger partial charge in [0.1, 0.15) is 5.52 Å². The first-order valence-corrected chi connectivity index (χ1v) is 9.39. The number of halogens is 2. The van der Waals surface area contributed by atoms with E-state index in [0.29, 0.717) is 18.1 Å². The Labute approximate surface area is 162 Å². The molecule has 26 heavy (non-hydrogen) atoms. The maximum absolute atomic E-state index is 6.53. The molecule has 8 heteroatoms. The fraction of sp³-hybridized carbons (Fsp3) is 0.333. The van der Waals surface area contributed by atoms with Crippen LogP contribution in [0.4, 0.5) is 0 Å². The van der Waals surface area contributed by atoms with Crippen molar-refractivity contribution in [2.75, 3.05) is 32.7 Å². The molecule has 0 spiro atoms. The number of rotatable bonds is 4. The Morgan fingerprint density at radius 1 is 1.12 bits per heavy atom. The van der Waals surface area contributed by atoms with Crippen LogP contribution in [0.2, 0.25) is 5.02 Å². The molecule has 1 saturated heterocycles. The summed E-state index contributed by atoms with van der Waals surface area (Å²) in [5.41, 5.74) is 4.65. The maximum atomic E-state index is 6.53. The van der Waals surface area contributed by atoms with Crippen molar-refractivity contribution in [3.05, 3.63) is 57.7 Å². The molecular formula is C18H20Cl2N6. The Morgan fingerprint density at radius 3 is 2.77 bits per heavy atom. The van der Waals surface area contributed by atoms with Crippen molar-refractivity contribution in [2.24, 2.45) is 0 Å². The molecule has 2 aliphatic rings. The quantitative estimate of drug-likeness (QED) is 0.743. The molecule has 0 amide bonds. The van der Waals surface area contributed by atoms with Crippen molar-refractivity contribution in [1.29, 1.82) is 0 Å². The molecular weight excluding hydrogens is 371 g/mol. The summed E-state index contributed by atoms with van der Waals surface area (Å²) >= 11 is 12.9. The average molecular weight is 391 g/mol. The molecule has 0 atom stereocenters. The van der Waals surface area contributed by atoms with Gasteiger partial charge in [-0.2, -0.15) is 0 Å². The highest BCUT2D eigenvalue weighted by molar-refractivity contribution is 6.35. The van der Waals surface area contributed by atoms with Crippen LogP contribution < -0.4 is 16.0 Å². The number of hydrogen-bond donors (Lipinski definition) is 3. The molecule has 0 aliphatic carbocycles. The van der Waals surface area contributed by atoms with E-state index in [1.165, 1.54) is 0 Å². The molecule has 0 saturated carbocycles. The Morgan fingerprint density at radius 2 is 1.92 bits per heavy atom. The Balaban J connectivity index is 1.54. The summed E-state index contributed by atoms with van der Waals surface area (Å²) in [6.07, 6.45) is 5.32. The van der Waals surface area contributed by atoms with Gasteiger partial charge in [-0.3, -0.25) is 9.97 Å². The van der Waals surface area contributed by atoms with Crippen molar-refractivity contribution < 1.29 is 0 Å². The number of fused-ring (bicyclic) bond motifs is 1. The summed E-state index contributed by atoms with van der Waals surface area (Å²) < 4.78 is 0. The van der Waals surface area contributed by atoms with E-state index < -0.39 is 0 Å². The van der Waals surface area contributed by atoms with Gasteiger partial charge in [-0.15, -0.1) is 0 Å². The lowest BCUT2D eigenvalue weighted by Gasteiger charge is -2.35. The number of aromatic nitrogens is 2. The van der Waals surface area contributed by atoms with Gasteiger partial charge in [0.25, 0.3) is 0 Å². The second-order valence-electron chi connectivity index (χ2n) is 6.28. The van der Waals surface area contributed by atoms with E-state index in [1.807, 2.05) is 18.3 Å². The highest BCUT2D eigenvalue weighted by atomic mass is 35.5. The van der Waals surface area contributed by atoms with Gasteiger partial charge in [0.2, 0.25) is 0 Å². The third-order valence-electron chi connectivity index (χ3n) is 4.52. The van der Waals surface area contributed by atoms with Gasteiger partial charge in [-0.05, 0) is 17.7 Å². The van der Waals surface area contributed by atoms with E-state index in [0.717, 1.165) is 59.2 Å². The predicted molar refractivity (Wildman–Crippen MR) is 105 cm³/mol. The lowest BCUT2D eigenvalue weighted by atomic mass is 10.1. The Bertz CT molecular complexity index is 873. The molecule has 3 heterocycles. The van der Waals surface area contributed by atoms with Crippen LogP contribution in [0.15, 0.2) is 47.2 Å². The summed E-state index contributed by atoms with van der Waals surface area (Å²) in [7, 11) is 0. The molecule has 4 rings (SSSR count). The lowest BCUT2D eigenvalue weighted by Crippen LogP contribution is -2.45. The van der Waals surface area contributed by atoms with Gasteiger partial charge in [0.15, 0.2) is 0 Å². The van der Waals surface area contributed by atoms with E-state index in [-0.39, 0.29) is 0 Å². The van der Waals surface area contributed by atoms with Gasteiger partial charge in [-0.1, -0.05) is 23.2 Å². The minimum atomic E-state index is 0.610. The Kier molecular flexibility index (Phi) is 5.15. The van der Waals surface area contributed by atoms with Gasteiger partial charge in [0, 0.05) is 51.3 Å². The van der Waals surface area contributed by atoms with Gasteiger partial charge < -0.3 is 20.9 Å². The van der Waals surface area contributed by atoms with E-state index in [4.69, 9.17) is 23.2 Å². The molecule has 1 aromatic carbocycles. The molecule has 0 bridgehead atoms. The van der Waals surface area contributed by atoms with Crippen molar-refractivity contribution in [1.82, 2.24) is 30.8 Å². The minimum absolute atomic E-state index is 0.610. The van der Waals surface area contributed by atoms with Crippen LogP contribution in [0.1, 0.15) is 5.56 Å². The minimum Gasteiger partial charge on any atom is -0.384 e. The van der Waals surface area contributed by atoms with Crippen molar-refractivity contribution in [3.8, 4) is 0 Å². The third-order valence-corrected chi connectivity index (χ3v) is 5.12. The first kappa shape index (κ1) is 17.4. The van der Waals surface area contributed by atoms with E-state index in [2.05, 4.69) is 30.8 Å². The zero-order valence-electron chi connectivity index (χ0n) is 14.2. The fourth-order valence-corrected chi connectivity index (χ4v) is 3.88. The zero-order valence-corrected chi connectivity index (χ0v) is 15.7. The number of nitrogens with one attached hydrogen (secondary N) is 3. The number of benzene rings is 1. The van der Waals surface area contributed by atoms with Gasteiger partial charge >= 0.3 is 0 Å². The van der Waals surface area contributed by atoms with Crippen LogP contribution in [0.25, 0.3) is 11.0 Å². The van der Waals surface area contributed by atoms with Gasteiger partial charge in [-0.25, -0.2) is 0 Å². The number of nitrogens with zero attached hydrogens (tertiary/aromatic N) is 3. The molecule has 1 aromatic heterocycles. The number of dihydropyridines is 1. The fourth-order valence-electron chi connectivity index (χ4n) is 3.29. The lowest BCUT2D eigenvalue weighted by molar-refractivity contribution is 0.298. The summed E-state index contributed by atoms with van der Waals surface area (Å²) in [4.78, 5) is 11.0. The van der Waals surface area contributed by atoms with Crippen molar-refractivity contribution in [3.63, 3.8) is 0 Å². The van der Waals surface area contributed by atoms with Crippen LogP contribution in [0.3, 0.4) is 0 Å². The maximum Gasteiger partial charge on any atom is 0.107 e. The van der Waals surface area contributed by atoms with Crippen LogP contribution in [0, 0.1) is 0 Å². The average Bonchev–Trinajstić information content (AvgIpc) is 2.67. The van der Waals surface area contributed by atoms with Crippen LogP contribution in [-0.4, -0.2) is 47.6 Å². The van der Waals surface area contributed by atoms with Crippen LogP contribution in [0.5, 0.6) is 0 Å². The second kappa shape index (κ2) is 7.70. The van der Waals surface area contributed by atoms with E-state index >= 15 is 0 Å². The highest BCUT2D eigenvalue weighted by Crippen LogP contribution is 2.25. The van der Waals surface area contributed by atoms with Crippen molar-refractivity contribution >= 4 is 34.2 Å². The predicted octanol–water partition coefficient (Wildman–Crippen LogP) is 2.17. The third kappa shape index (κ3) is 3.58. The number of piperazine rings is 1. The summed E-state index contributed by atoms with van der Waals surface area (Å²) in [5.74, 6) is 0. The largest absolute Gasteiger partial charge is 0.384 e.